The number of carbonyl (C=O) groups is 2. The summed E-state index contributed by atoms with van der Waals surface area (Å²) in [5, 5.41) is 18.0. The predicted octanol–water partition coefficient (Wildman–Crippen LogP) is 0.682. The van der Waals surface area contributed by atoms with Gasteiger partial charge in [0.2, 0.25) is 0 Å². The molecule has 7 nitrogen and oxygen atoms in total. The fourth-order valence-electron chi connectivity index (χ4n) is 1.90. The Bertz CT molecular complexity index is 766. The number of nitrogens with one attached hydrogen (secondary N) is 2. The third-order valence-corrected chi connectivity index (χ3v) is 2.92. The Morgan fingerprint density at radius 1 is 1.38 bits per heavy atom. The number of nitrogens with zero attached hydrogens (tertiary/aromatic N) is 1. The van der Waals surface area contributed by atoms with Crippen molar-refractivity contribution in [1.82, 2.24) is 15.5 Å². The molecule has 0 spiro atoms. The summed E-state index contributed by atoms with van der Waals surface area (Å²) < 4.78 is 0. The molecule has 0 aliphatic rings. The van der Waals surface area contributed by atoms with Crippen molar-refractivity contribution in [3.63, 3.8) is 0 Å². The van der Waals surface area contributed by atoms with Crippen LogP contribution >= 0.6 is 0 Å². The smallest absolute Gasteiger partial charge is 0.326 e. The summed E-state index contributed by atoms with van der Waals surface area (Å²) in [6.45, 7) is 3.45. The molecule has 3 N–H and O–H groups in total. The van der Waals surface area contributed by atoms with Crippen LogP contribution in [-0.2, 0) is 4.79 Å². The summed E-state index contributed by atoms with van der Waals surface area (Å²) in [4.78, 5) is 34.8. The Morgan fingerprint density at radius 2 is 2.05 bits per heavy atom. The summed E-state index contributed by atoms with van der Waals surface area (Å²) in [5.41, 5.74) is -0.441. The first-order valence-electron chi connectivity index (χ1n) is 6.16. The number of carboxylic acid groups (broad SMARTS) is 1. The molecule has 0 fully saturated rings. The minimum Gasteiger partial charge on any atom is -0.480 e. The lowest BCUT2D eigenvalue weighted by atomic mass is 10.1. The molecule has 7 heteroatoms. The van der Waals surface area contributed by atoms with E-state index < -0.39 is 23.5 Å². The summed E-state index contributed by atoms with van der Waals surface area (Å²) in [7, 11) is 0. The number of benzene rings is 1. The molecule has 0 aliphatic heterocycles. The van der Waals surface area contributed by atoms with E-state index in [1.807, 2.05) is 0 Å². The second kappa shape index (κ2) is 6.00. The fraction of sp³-hybridized carbons (Fsp3) is 0.143. The van der Waals surface area contributed by atoms with E-state index in [9.17, 15) is 14.4 Å². The van der Waals surface area contributed by atoms with E-state index in [1.165, 1.54) is 6.08 Å². The lowest BCUT2D eigenvalue weighted by Crippen LogP contribution is -2.41. The zero-order chi connectivity index (χ0) is 15.4. The van der Waals surface area contributed by atoms with Gasteiger partial charge < -0.3 is 10.4 Å². The van der Waals surface area contributed by atoms with Gasteiger partial charge in [0, 0.05) is 5.39 Å². The predicted molar refractivity (Wildman–Crippen MR) is 76.1 cm³/mol. The second-order valence-corrected chi connectivity index (χ2v) is 4.34. The number of fused-ring (bicyclic) bond motifs is 1. The van der Waals surface area contributed by atoms with Gasteiger partial charge in [-0.1, -0.05) is 24.3 Å². The normalized spacial score (nSPS) is 11.8. The number of amides is 1. The van der Waals surface area contributed by atoms with Gasteiger partial charge in [0.15, 0.2) is 5.69 Å². The zero-order valence-corrected chi connectivity index (χ0v) is 11.0. The minimum atomic E-state index is -1.17. The number of aromatic nitrogens is 2. The van der Waals surface area contributed by atoms with Crippen LogP contribution < -0.4 is 10.9 Å². The number of hydrogen-bond donors (Lipinski definition) is 3. The summed E-state index contributed by atoms with van der Waals surface area (Å²) in [6.07, 6.45) is 1.49. The lowest BCUT2D eigenvalue weighted by Gasteiger charge is -2.12. The van der Waals surface area contributed by atoms with Crippen LogP contribution in [0.15, 0.2) is 41.7 Å². The van der Waals surface area contributed by atoms with Crippen LogP contribution in [0.4, 0.5) is 0 Å². The van der Waals surface area contributed by atoms with Gasteiger partial charge in [0.05, 0.1) is 5.39 Å². The molecule has 0 saturated heterocycles. The highest BCUT2D eigenvalue weighted by atomic mass is 16.4. The standard InChI is InChI=1S/C14H13N3O4/c1-2-5-10(14(20)21)15-13(19)11-8-6-3-4-7-9(8)12(18)17-16-11/h2-4,6-7,10H,1,5H2,(H,15,19)(H,17,18)(H,20,21). The first-order chi connectivity index (χ1) is 10.0. The van der Waals surface area contributed by atoms with Crippen molar-refractivity contribution < 1.29 is 14.7 Å². The number of carboxylic acids is 1. The number of rotatable bonds is 5. The van der Waals surface area contributed by atoms with Crippen LogP contribution in [0.2, 0.25) is 0 Å². The maximum atomic E-state index is 12.2. The number of aromatic amines is 1. The summed E-state index contributed by atoms with van der Waals surface area (Å²) >= 11 is 0. The first-order valence-corrected chi connectivity index (χ1v) is 6.16. The maximum absolute atomic E-state index is 12.2. The monoisotopic (exact) mass is 287 g/mol. The number of H-pyrrole nitrogens is 1. The van der Waals surface area contributed by atoms with Crippen LogP contribution in [0.5, 0.6) is 0 Å². The van der Waals surface area contributed by atoms with Crippen LogP contribution in [0, 0.1) is 0 Å². The van der Waals surface area contributed by atoms with Gasteiger partial charge in [-0.15, -0.1) is 6.58 Å². The summed E-state index contributed by atoms with van der Waals surface area (Å²) in [6, 6.07) is 5.37. The van der Waals surface area contributed by atoms with Gasteiger partial charge in [0.1, 0.15) is 6.04 Å². The highest BCUT2D eigenvalue weighted by molar-refractivity contribution is 6.05. The van der Waals surface area contributed by atoms with E-state index in [2.05, 4.69) is 22.1 Å². The highest BCUT2D eigenvalue weighted by Gasteiger charge is 2.21. The third kappa shape index (κ3) is 2.97. The Labute approximate surface area is 119 Å². The van der Waals surface area contributed by atoms with Crippen molar-refractivity contribution in [3.8, 4) is 0 Å². The highest BCUT2D eigenvalue weighted by Crippen LogP contribution is 2.12. The Hall–Kier alpha value is -2.96. The molecule has 2 rings (SSSR count). The molecular weight excluding hydrogens is 274 g/mol. The van der Waals surface area contributed by atoms with Crippen LogP contribution in [-0.4, -0.2) is 33.2 Å². The fourth-order valence-corrected chi connectivity index (χ4v) is 1.90. The molecule has 21 heavy (non-hydrogen) atoms. The van der Waals surface area contributed by atoms with Crippen molar-refractivity contribution in [3.05, 3.63) is 53.0 Å². The SMILES string of the molecule is C=CCC(NC(=O)c1n[nH]c(=O)c2ccccc12)C(=O)O. The van der Waals surface area contributed by atoms with Crippen LogP contribution in [0.1, 0.15) is 16.9 Å². The lowest BCUT2D eigenvalue weighted by molar-refractivity contribution is -0.139. The van der Waals surface area contributed by atoms with Crippen molar-refractivity contribution in [2.75, 3.05) is 0 Å². The van der Waals surface area contributed by atoms with E-state index >= 15 is 0 Å². The maximum Gasteiger partial charge on any atom is 0.326 e. The average molecular weight is 287 g/mol. The number of aliphatic carboxylic acids is 1. The molecule has 1 aromatic carbocycles. The average Bonchev–Trinajstić information content (AvgIpc) is 2.47. The van der Waals surface area contributed by atoms with Gasteiger partial charge >= 0.3 is 5.97 Å². The van der Waals surface area contributed by atoms with Gasteiger partial charge in [-0.05, 0) is 12.5 Å². The van der Waals surface area contributed by atoms with Gasteiger partial charge in [-0.2, -0.15) is 5.10 Å². The van der Waals surface area contributed by atoms with Crippen molar-refractivity contribution in [2.24, 2.45) is 0 Å². The van der Waals surface area contributed by atoms with Crippen molar-refractivity contribution in [2.45, 2.75) is 12.5 Å². The van der Waals surface area contributed by atoms with Crippen molar-refractivity contribution >= 4 is 22.6 Å². The van der Waals surface area contributed by atoms with Gasteiger partial charge in [-0.3, -0.25) is 9.59 Å². The minimum absolute atomic E-state index is 0.0273. The number of hydrogen-bond acceptors (Lipinski definition) is 4. The van der Waals surface area contributed by atoms with E-state index in [4.69, 9.17) is 5.11 Å². The summed E-state index contributed by atoms with van der Waals surface area (Å²) in [5.74, 6) is -1.84. The topological polar surface area (TPSA) is 112 Å². The van der Waals surface area contributed by atoms with E-state index in [0.717, 1.165) is 0 Å². The molecule has 0 saturated carbocycles. The molecule has 0 aliphatic carbocycles. The van der Waals surface area contributed by atoms with Crippen LogP contribution in [0.3, 0.4) is 0 Å². The molecule has 2 aromatic rings. The molecule has 1 unspecified atom stereocenters. The molecule has 1 aromatic heterocycles. The first kappa shape index (κ1) is 14.4. The quantitative estimate of drug-likeness (QED) is 0.700. The van der Waals surface area contributed by atoms with Gasteiger partial charge in [-0.25, -0.2) is 9.89 Å². The van der Waals surface area contributed by atoms with Crippen LogP contribution in [0.25, 0.3) is 10.8 Å². The molecule has 1 heterocycles. The Kier molecular flexibility index (Phi) is 4.13. The van der Waals surface area contributed by atoms with E-state index in [1.54, 1.807) is 24.3 Å². The molecule has 1 amide bonds. The Balaban J connectivity index is 2.40. The zero-order valence-electron chi connectivity index (χ0n) is 11.0. The Morgan fingerprint density at radius 3 is 2.67 bits per heavy atom. The second-order valence-electron chi connectivity index (χ2n) is 4.34. The van der Waals surface area contributed by atoms with Crippen molar-refractivity contribution in [1.29, 1.82) is 0 Å². The van der Waals surface area contributed by atoms with E-state index in [0.29, 0.717) is 10.8 Å². The van der Waals surface area contributed by atoms with Gasteiger partial charge in [0.25, 0.3) is 11.5 Å². The largest absolute Gasteiger partial charge is 0.480 e. The molecule has 0 radical (unpaired) electrons. The molecule has 1 atom stereocenters. The van der Waals surface area contributed by atoms with E-state index in [-0.39, 0.29) is 12.1 Å². The molecule has 0 bridgehead atoms. The molecular formula is C14H13N3O4. The third-order valence-electron chi connectivity index (χ3n) is 2.92. The molecule has 108 valence electrons. The number of carbonyl (C=O) groups excluding carboxylic acids is 1.